The summed E-state index contributed by atoms with van der Waals surface area (Å²) in [4.78, 5) is 14.0. The van der Waals surface area contributed by atoms with Crippen LogP contribution in [0.15, 0.2) is 18.2 Å². The Morgan fingerprint density at radius 1 is 1.33 bits per heavy atom. The average molecular weight is 331 g/mol. The van der Waals surface area contributed by atoms with Crippen molar-refractivity contribution in [2.24, 2.45) is 17.6 Å². The summed E-state index contributed by atoms with van der Waals surface area (Å²) in [6, 6.07) is 5.46. The van der Waals surface area contributed by atoms with Crippen molar-refractivity contribution in [3.8, 4) is 0 Å². The molecule has 0 aliphatic carbocycles. The molecule has 21 heavy (non-hydrogen) atoms. The van der Waals surface area contributed by atoms with Gasteiger partial charge in [0.15, 0.2) is 0 Å². The summed E-state index contributed by atoms with van der Waals surface area (Å²) in [5.74, 6) is 0.857. The number of rotatable bonds is 7. The first-order chi connectivity index (χ1) is 9.85. The van der Waals surface area contributed by atoms with Crippen molar-refractivity contribution in [2.45, 2.75) is 33.2 Å². The van der Waals surface area contributed by atoms with E-state index in [0.29, 0.717) is 35.5 Å². The zero-order chi connectivity index (χ0) is 16.0. The SMILES string of the molecule is CC(C)CC(CN)CC(=O)N(C)Cc1cccc(Cl)c1Cl. The summed E-state index contributed by atoms with van der Waals surface area (Å²) in [5.41, 5.74) is 6.61. The molecule has 0 spiro atoms. The Kier molecular flexibility index (Phi) is 7.50. The second-order valence-corrected chi connectivity index (χ2v) is 6.68. The molecule has 0 aromatic heterocycles. The van der Waals surface area contributed by atoms with E-state index in [0.717, 1.165) is 12.0 Å². The minimum Gasteiger partial charge on any atom is -0.341 e. The molecular formula is C16H24Cl2N2O. The monoisotopic (exact) mass is 330 g/mol. The first kappa shape index (κ1) is 18.3. The van der Waals surface area contributed by atoms with E-state index >= 15 is 0 Å². The van der Waals surface area contributed by atoms with Gasteiger partial charge in [0, 0.05) is 20.0 Å². The van der Waals surface area contributed by atoms with E-state index in [-0.39, 0.29) is 11.8 Å². The molecule has 0 fully saturated rings. The summed E-state index contributed by atoms with van der Waals surface area (Å²) in [5, 5.41) is 1.02. The molecule has 1 unspecified atom stereocenters. The summed E-state index contributed by atoms with van der Waals surface area (Å²) < 4.78 is 0. The zero-order valence-electron chi connectivity index (χ0n) is 12.9. The van der Waals surface area contributed by atoms with Crippen LogP contribution in [0.5, 0.6) is 0 Å². The van der Waals surface area contributed by atoms with Crippen LogP contribution in [0.2, 0.25) is 10.0 Å². The highest BCUT2D eigenvalue weighted by Gasteiger charge is 2.18. The van der Waals surface area contributed by atoms with E-state index in [9.17, 15) is 4.79 Å². The molecule has 0 saturated heterocycles. The fraction of sp³-hybridized carbons (Fsp3) is 0.562. The second-order valence-electron chi connectivity index (χ2n) is 5.90. The third kappa shape index (κ3) is 5.85. The van der Waals surface area contributed by atoms with E-state index in [1.165, 1.54) is 0 Å². The molecule has 0 heterocycles. The maximum atomic E-state index is 12.3. The quantitative estimate of drug-likeness (QED) is 0.822. The third-order valence-electron chi connectivity index (χ3n) is 3.47. The van der Waals surface area contributed by atoms with Crippen LogP contribution in [0.1, 0.15) is 32.3 Å². The fourth-order valence-corrected chi connectivity index (χ4v) is 2.73. The van der Waals surface area contributed by atoms with Crippen molar-refractivity contribution in [3.05, 3.63) is 33.8 Å². The van der Waals surface area contributed by atoms with Gasteiger partial charge in [-0.2, -0.15) is 0 Å². The van der Waals surface area contributed by atoms with Crippen LogP contribution < -0.4 is 5.73 Å². The largest absolute Gasteiger partial charge is 0.341 e. The van der Waals surface area contributed by atoms with E-state index < -0.39 is 0 Å². The summed E-state index contributed by atoms with van der Waals surface area (Å²) in [6.45, 7) is 5.28. The molecule has 118 valence electrons. The molecular weight excluding hydrogens is 307 g/mol. The predicted molar refractivity (Wildman–Crippen MR) is 89.6 cm³/mol. The molecule has 0 radical (unpaired) electrons. The Bertz CT molecular complexity index is 477. The molecule has 0 saturated carbocycles. The van der Waals surface area contributed by atoms with E-state index in [1.807, 2.05) is 12.1 Å². The van der Waals surface area contributed by atoms with E-state index in [2.05, 4.69) is 13.8 Å². The molecule has 0 aliphatic rings. The molecule has 0 aliphatic heterocycles. The van der Waals surface area contributed by atoms with Crippen LogP contribution in [-0.2, 0) is 11.3 Å². The first-order valence-corrected chi connectivity index (χ1v) is 7.97. The van der Waals surface area contributed by atoms with Crippen LogP contribution in [0.4, 0.5) is 0 Å². The molecule has 5 heteroatoms. The van der Waals surface area contributed by atoms with Crippen molar-refractivity contribution in [3.63, 3.8) is 0 Å². The number of carbonyl (C=O) groups is 1. The van der Waals surface area contributed by atoms with Gasteiger partial charge in [-0.15, -0.1) is 0 Å². The first-order valence-electron chi connectivity index (χ1n) is 7.22. The summed E-state index contributed by atoms with van der Waals surface area (Å²) in [6.07, 6.45) is 1.44. The van der Waals surface area contributed by atoms with Gasteiger partial charge >= 0.3 is 0 Å². The number of nitrogens with zero attached hydrogens (tertiary/aromatic N) is 1. The Morgan fingerprint density at radius 2 is 2.00 bits per heavy atom. The number of carbonyl (C=O) groups excluding carboxylic acids is 1. The molecule has 1 aromatic rings. The zero-order valence-corrected chi connectivity index (χ0v) is 14.4. The van der Waals surface area contributed by atoms with E-state index in [1.54, 1.807) is 18.0 Å². The minimum atomic E-state index is 0.0853. The van der Waals surface area contributed by atoms with Crippen LogP contribution in [0.25, 0.3) is 0 Å². The molecule has 1 rings (SSSR count). The Balaban J connectivity index is 2.64. The third-order valence-corrected chi connectivity index (χ3v) is 4.32. The van der Waals surface area contributed by atoms with Gasteiger partial charge in [0.25, 0.3) is 0 Å². The topological polar surface area (TPSA) is 46.3 Å². The molecule has 1 atom stereocenters. The van der Waals surface area contributed by atoms with Crippen molar-refractivity contribution in [2.75, 3.05) is 13.6 Å². The summed E-state index contributed by atoms with van der Waals surface area (Å²) >= 11 is 12.1. The second kappa shape index (κ2) is 8.62. The fourth-order valence-electron chi connectivity index (χ4n) is 2.35. The maximum absolute atomic E-state index is 12.3. The molecule has 2 N–H and O–H groups in total. The number of hydrogen-bond acceptors (Lipinski definition) is 2. The normalized spacial score (nSPS) is 12.5. The number of benzene rings is 1. The van der Waals surface area contributed by atoms with E-state index in [4.69, 9.17) is 28.9 Å². The van der Waals surface area contributed by atoms with Gasteiger partial charge in [-0.3, -0.25) is 4.79 Å². The molecule has 0 bridgehead atoms. The number of halogens is 2. The molecule has 3 nitrogen and oxygen atoms in total. The lowest BCUT2D eigenvalue weighted by atomic mass is 9.94. The highest BCUT2D eigenvalue weighted by atomic mass is 35.5. The van der Waals surface area contributed by atoms with Crippen LogP contribution in [0, 0.1) is 11.8 Å². The Labute approximate surface area is 137 Å². The van der Waals surface area contributed by atoms with Crippen molar-refractivity contribution in [1.82, 2.24) is 4.90 Å². The van der Waals surface area contributed by atoms with Gasteiger partial charge in [0.1, 0.15) is 0 Å². The highest BCUT2D eigenvalue weighted by molar-refractivity contribution is 6.42. The lowest BCUT2D eigenvalue weighted by molar-refractivity contribution is -0.131. The predicted octanol–water partition coefficient (Wildman–Crippen LogP) is 3.96. The average Bonchev–Trinajstić information content (AvgIpc) is 2.42. The van der Waals surface area contributed by atoms with Crippen molar-refractivity contribution >= 4 is 29.1 Å². The maximum Gasteiger partial charge on any atom is 0.222 e. The Morgan fingerprint density at radius 3 is 2.57 bits per heavy atom. The lowest BCUT2D eigenvalue weighted by Gasteiger charge is -2.22. The van der Waals surface area contributed by atoms with Gasteiger partial charge in [-0.25, -0.2) is 0 Å². The van der Waals surface area contributed by atoms with Crippen LogP contribution in [-0.4, -0.2) is 24.4 Å². The highest BCUT2D eigenvalue weighted by Crippen LogP contribution is 2.26. The summed E-state index contributed by atoms with van der Waals surface area (Å²) in [7, 11) is 1.78. The van der Waals surface area contributed by atoms with Gasteiger partial charge < -0.3 is 10.6 Å². The number of nitrogens with two attached hydrogens (primary N) is 1. The van der Waals surface area contributed by atoms with Gasteiger partial charge in [0.05, 0.1) is 10.0 Å². The van der Waals surface area contributed by atoms with Crippen molar-refractivity contribution in [1.29, 1.82) is 0 Å². The van der Waals surface area contributed by atoms with Crippen LogP contribution >= 0.6 is 23.2 Å². The minimum absolute atomic E-state index is 0.0853. The standard InChI is InChI=1S/C16H24Cl2N2O/c1-11(2)7-12(9-19)8-15(21)20(3)10-13-5-4-6-14(17)16(13)18/h4-6,11-12H,7-10,19H2,1-3H3. The Hall–Kier alpha value is -0.770. The molecule has 1 aromatic carbocycles. The van der Waals surface area contributed by atoms with Gasteiger partial charge in [-0.1, -0.05) is 49.2 Å². The van der Waals surface area contributed by atoms with Gasteiger partial charge in [-0.05, 0) is 36.4 Å². The molecule has 1 amide bonds. The van der Waals surface area contributed by atoms with Crippen LogP contribution in [0.3, 0.4) is 0 Å². The van der Waals surface area contributed by atoms with Gasteiger partial charge in [0.2, 0.25) is 5.91 Å². The lowest BCUT2D eigenvalue weighted by Crippen LogP contribution is -2.30. The number of amides is 1. The van der Waals surface area contributed by atoms with Crippen molar-refractivity contribution < 1.29 is 4.79 Å². The smallest absolute Gasteiger partial charge is 0.222 e. The number of hydrogen-bond donors (Lipinski definition) is 1.